The van der Waals surface area contributed by atoms with Gasteiger partial charge in [-0.3, -0.25) is 0 Å². The van der Waals surface area contributed by atoms with E-state index < -0.39 is 0 Å². The Morgan fingerprint density at radius 1 is 1.21 bits per heavy atom. The number of ether oxygens (including phenoxy) is 1. The van der Waals surface area contributed by atoms with Crippen LogP contribution >= 0.6 is 0 Å². The maximum atomic E-state index is 5.79. The summed E-state index contributed by atoms with van der Waals surface area (Å²) in [6.07, 6.45) is 0. The molecule has 1 heterocycles. The Kier molecular flexibility index (Phi) is 3.62. The number of anilines is 1. The largest absolute Gasteiger partial charge is 0.476 e. The van der Waals surface area contributed by atoms with Crippen molar-refractivity contribution in [2.45, 2.75) is 19.4 Å². The molecule has 1 aromatic heterocycles. The van der Waals surface area contributed by atoms with Crippen molar-refractivity contribution in [3.05, 3.63) is 30.3 Å². The minimum absolute atomic E-state index is 0.0300. The number of nitrogens with two attached hydrogens (primary N) is 1. The summed E-state index contributed by atoms with van der Waals surface area (Å²) in [6, 6.07) is 9.54. The van der Waals surface area contributed by atoms with Gasteiger partial charge in [-0.2, -0.15) is 0 Å². The minimum atomic E-state index is -0.0300. The fourth-order valence-corrected chi connectivity index (χ4v) is 1.59. The molecule has 4 nitrogen and oxygen atoms in total. The van der Waals surface area contributed by atoms with Crippen molar-refractivity contribution in [3.8, 4) is 5.88 Å². The molecule has 0 saturated carbocycles. The first kappa shape index (κ1) is 13.6. The Morgan fingerprint density at radius 3 is 2.63 bits per heavy atom. The Balaban J connectivity index is 2.16. The van der Waals surface area contributed by atoms with Crippen LogP contribution in [-0.2, 0) is 0 Å². The molecule has 0 spiro atoms. The zero-order valence-electron chi connectivity index (χ0n) is 12.0. The highest BCUT2D eigenvalue weighted by molar-refractivity contribution is 5.82. The molecule has 102 valence electrons. The Morgan fingerprint density at radius 2 is 1.95 bits per heavy atom. The van der Waals surface area contributed by atoms with Gasteiger partial charge in [0.15, 0.2) is 0 Å². The molecule has 0 aliphatic carbocycles. The number of benzene rings is 1. The third kappa shape index (κ3) is 3.15. The van der Waals surface area contributed by atoms with Crippen molar-refractivity contribution >= 4 is 16.6 Å². The van der Waals surface area contributed by atoms with E-state index in [2.05, 4.69) is 23.7 Å². The Labute approximate surface area is 114 Å². The summed E-state index contributed by atoms with van der Waals surface area (Å²) < 4.78 is 5.79. The van der Waals surface area contributed by atoms with Gasteiger partial charge in [-0.1, -0.05) is 0 Å². The van der Waals surface area contributed by atoms with E-state index in [9.17, 15) is 0 Å². The molecule has 1 aromatic carbocycles. The number of likely N-dealkylation sites (N-methyl/N-ethyl adjacent to an activating group) is 1. The Hall–Kier alpha value is -1.81. The molecular formula is C15H21N3O. The van der Waals surface area contributed by atoms with Gasteiger partial charge in [-0.15, -0.1) is 0 Å². The standard InChI is InChI=1S/C15H21N3O/c1-15(2,18(3)4)10-19-14-8-5-11-9-12(16)6-7-13(11)17-14/h5-9H,10,16H2,1-4H3. The molecule has 0 radical (unpaired) electrons. The number of hydrogen-bond donors (Lipinski definition) is 1. The molecule has 0 saturated heterocycles. The fourth-order valence-electron chi connectivity index (χ4n) is 1.59. The molecule has 0 amide bonds. The zero-order valence-corrected chi connectivity index (χ0v) is 12.0. The normalized spacial score (nSPS) is 12.1. The number of rotatable bonds is 4. The maximum absolute atomic E-state index is 5.79. The zero-order chi connectivity index (χ0) is 14.0. The number of fused-ring (bicyclic) bond motifs is 1. The number of hydrogen-bond acceptors (Lipinski definition) is 4. The molecule has 2 N–H and O–H groups in total. The Bertz CT molecular complexity index is 579. The van der Waals surface area contributed by atoms with Crippen LogP contribution in [-0.4, -0.2) is 36.1 Å². The van der Waals surface area contributed by atoms with Gasteiger partial charge in [-0.25, -0.2) is 4.98 Å². The topological polar surface area (TPSA) is 51.4 Å². The van der Waals surface area contributed by atoms with Crippen LogP contribution in [0.15, 0.2) is 30.3 Å². The molecule has 2 aromatic rings. The van der Waals surface area contributed by atoms with E-state index in [1.165, 1.54) is 0 Å². The predicted octanol–water partition coefficient (Wildman–Crippen LogP) is 2.54. The first-order valence-electron chi connectivity index (χ1n) is 6.35. The molecule has 0 aliphatic heterocycles. The summed E-state index contributed by atoms with van der Waals surface area (Å²) in [7, 11) is 4.08. The number of nitrogen functional groups attached to an aromatic ring is 1. The predicted molar refractivity (Wildman–Crippen MR) is 79.4 cm³/mol. The van der Waals surface area contributed by atoms with Crippen molar-refractivity contribution in [3.63, 3.8) is 0 Å². The van der Waals surface area contributed by atoms with E-state index in [-0.39, 0.29) is 5.54 Å². The van der Waals surface area contributed by atoms with E-state index >= 15 is 0 Å². The lowest BCUT2D eigenvalue weighted by atomic mass is 10.1. The van der Waals surface area contributed by atoms with Gasteiger partial charge in [-0.05, 0) is 52.2 Å². The van der Waals surface area contributed by atoms with Gasteiger partial charge >= 0.3 is 0 Å². The average molecular weight is 259 g/mol. The molecular weight excluding hydrogens is 238 g/mol. The lowest BCUT2D eigenvalue weighted by Crippen LogP contribution is -2.43. The third-order valence-electron chi connectivity index (χ3n) is 3.47. The van der Waals surface area contributed by atoms with Crippen LogP contribution in [0.3, 0.4) is 0 Å². The SMILES string of the molecule is CN(C)C(C)(C)COc1ccc2cc(N)ccc2n1. The van der Waals surface area contributed by atoms with Crippen molar-refractivity contribution in [2.75, 3.05) is 26.4 Å². The molecule has 0 fully saturated rings. The van der Waals surface area contributed by atoms with E-state index in [4.69, 9.17) is 10.5 Å². The van der Waals surface area contributed by atoms with Crippen LogP contribution in [0.25, 0.3) is 10.9 Å². The highest BCUT2D eigenvalue weighted by atomic mass is 16.5. The van der Waals surface area contributed by atoms with Gasteiger partial charge in [0.05, 0.1) is 5.52 Å². The van der Waals surface area contributed by atoms with Crippen molar-refractivity contribution in [1.82, 2.24) is 9.88 Å². The molecule has 0 aliphatic rings. The summed E-state index contributed by atoms with van der Waals surface area (Å²) in [4.78, 5) is 6.62. The summed E-state index contributed by atoms with van der Waals surface area (Å²) in [5.74, 6) is 0.646. The fraction of sp³-hybridized carbons (Fsp3) is 0.400. The van der Waals surface area contributed by atoms with Gasteiger partial charge in [0.1, 0.15) is 6.61 Å². The summed E-state index contributed by atoms with van der Waals surface area (Å²) in [6.45, 7) is 4.86. The van der Waals surface area contributed by atoms with E-state index in [0.717, 1.165) is 16.6 Å². The molecule has 0 bridgehead atoms. The molecule has 2 rings (SSSR count). The van der Waals surface area contributed by atoms with Gasteiger partial charge in [0.2, 0.25) is 5.88 Å². The monoisotopic (exact) mass is 259 g/mol. The van der Waals surface area contributed by atoms with E-state index in [1.54, 1.807) is 0 Å². The average Bonchev–Trinajstić information content (AvgIpc) is 2.36. The van der Waals surface area contributed by atoms with Crippen molar-refractivity contribution in [2.24, 2.45) is 0 Å². The van der Waals surface area contributed by atoms with Gasteiger partial charge < -0.3 is 15.4 Å². The second kappa shape index (κ2) is 5.05. The highest BCUT2D eigenvalue weighted by Gasteiger charge is 2.21. The van der Waals surface area contributed by atoms with Gasteiger partial charge in [0.25, 0.3) is 0 Å². The second-order valence-electron chi connectivity index (χ2n) is 5.60. The van der Waals surface area contributed by atoms with Crippen LogP contribution in [0.5, 0.6) is 5.88 Å². The molecule has 0 atom stereocenters. The van der Waals surface area contributed by atoms with Crippen LogP contribution < -0.4 is 10.5 Å². The number of nitrogens with zero attached hydrogens (tertiary/aromatic N) is 2. The van der Waals surface area contributed by atoms with E-state index in [0.29, 0.717) is 12.5 Å². The highest BCUT2D eigenvalue weighted by Crippen LogP contribution is 2.20. The van der Waals surface area contributed by atoms with Gasteiger partial charge in [0, 0.05) is 22.7 Å². The number of pyridine rings is 1. The van der Waals surface area contributed by atoms with E-state index in [1.807, 2.05) is 44.4 Å². The van der Waals surface area contributed by atoms with Crippen LogP contribution in [0.2, 0.25) is 0 Å². The quantitative estimate of drug-likeness (QED) is 0.857. The summed E-state index contributed by atoms with van der Waals surface area (Å²) in [5.41, 5.74) is 7.36. The van der Waals surface area contributed by atoms with Crippen molar-refractivity contribution < 1.29 is 4.74 Å². The van der Waals surface area contributed by atoms with Crippen LogP contribution in [0.4, 0.5) is 5.69 Å². The lowest BCUT2D eigenvalue weighted by molar-refractivity contribution is 0.111. The summed E-state index contributed by atoms with van der Waals surface area (Å²) >= 11 is 0. The van der Waals surface area contributed by atoms with Crippen molar-refractivity contribution in [1.29, 1.82) is 0 Å². The van der Waals surface area contributed by atoms with Crippen LogP contribution in [0, 0.1) is 0 Å². The first-order chi connectivity index (χ1) is 8.88. The lowest BCUT2D eigenvalue weighted by Gasteiger charge is -2.31. The number of aromatic nitrogens is 1. The summed E-state index contributed by atoms with van der Waals surface area (Å²) in [5, 5.41) is 1.03. The maximum Gasteiger partial charge on any atom is 0.213 e. The second-order valence-corrected chi connectivity index (χ2v) is 5.60. The molecule has 4 heteroatoms. The smallest absolute Gasteiger partial charge is 0.213 e. The molecule has 0 unspecified atom stereocenters. The minimum Gasteiger partial charge on any atom is -0.476 e. The van der Waals surface area contributed by atoms with Crippen LogP contribution in [0.1, 0.15) is 13.8 Å². The third-order valence-corrected chi connectivity index (χ3v) is 3.47. The molecule has 19 heavy (non-hydrogen) atoms. The first-order valence-corrected chi connectivity index (χ1v) is 6.35.